The fourth-order valence-electron chi connectivity index (χ4n) is 4.85. The molecule has 0 unspecified atom stereocenters. The maximum atomic E-state index is 15.0. The number of anilines is 1. The fourth-order valence-corrected chi connectivity index (χ4v) is 5.33. The van der Waals surface area contributed by atoms with Crippen LogP contribution in [0.1, 0.15) is 18.4 Å². The van der Waals surface area contributed by atoms with E-state index in [4.69, 9.17) is 16.3 Å². The number of aromatic nitrogens is 2. The summed E-state index contributed by atoms with van der Waals surface area (Å²) in [6.07, 6.45) is 0.366. The number of halogens is 3. The van der Waals surface area contributed by atoms with Crippen molar-refractivity contribution in [1.29, 1.82) is 5.26 Å². The van der Waals surface area contributed by atoms with E-state index in [9.17, 15) is 15.2 Å². The highest BCUT2D eigenvalue weighted by Gasteiger charge is 2.37. The van der Waals surface area contributed by atoms with Crippen molar-refractivity contribution in [3.63, 3.8) is 0 Å². The number of carbonyl (C=O) groups is 1. The van der Waals surface area contributed by atoms with Crippen molar-refractivity contribution >= 4 is 50.2 Å². The number of carbonyl (C=O) groups excluding carboxylic acids is 1. The molecule has 1 fully saturated rings. The minimum atomic E-state index is -0.555. The number of hydrogen-bond acceptors (Lipinski definition) is 8. The van der Waals surface area contributed by atoms with Gasteiger partial charge in [-0.2, -0.15) is 10.2 Å². The van der Waals surface area contributed by atoms with E-state index in [1.165, 1.54) is 4.90 Å². The van der Waals surface area contributed by atoms with Crippen LogP contribution in [0.5, 0.6) is 5.75 Å². The Hall–Kier alpha value is -3.04. The van der Waals surface area contributed by atoms with Gasteiger partial charge in [-0.15, -0.1) is 0 Å². The second-order valence-electron chi connectivity index (χ2n) is 9.42. The molecule has 1 saturated heterocycles. The molecule has 0 saturated carbocycles. The molecule has 2 aromatic carbocycles. The molecule has 2 heterocycles. The third-order valence-electron chi connectivity index (χ3n) is 6.94. The molecular weight excluding hydrogens is 591 g/mol. The van der Waals surface area contributed by atoms with E-state index in [0.717, 1.165) is 11.3 Å². The summed E-state index contributed by atoms with van der Waals surface area (Å²) in [5, 5.41) is 19.3. The lowest BCUT2D eigenvalue weighted by atomic mass is 9.99. The first-order chi connectivity index (χ1) is 18.7. The Bertz CT molecular complexity index is 1370. The number of methoxy groups -OCH3 is 1. The maximum Gasteiger partial charge on any atom is 0.225 e. The normalized spacial score (nSPS) is 17.7. The molecule has 3 aromatic rings. The van der Waals surface area contributed by atoms with Crippen molar-refractivity contribution in [2.45, 2.75) is 31.5 Å². The summed E-state index contributed by atoms with van der Waals surface area (Å²) in [5.41, 5.74) is 1.11. The highest BCUT2D eigenvalue weighted by molar-refractivity contribution is 9.10. The van der Waals surface area contributed by atoms with E-state index in [1.807, 2.05) is 29.2 Å². The third kappa shape index (κ3) is 6.58. The van der Waals surface area contributed by atoms with Crippen molar-refractivity contribution < 1.29 is 19.0 Å². The molecule has 0 radical (unpaired) electrons. The monoisotopic (exact) mass is 618 g/mol. The van der Waals surface area contributed by atoms with Gasteiger partial charge in [-0.3, -0.25) is 9.69 Å². The predicted octanol–water partition coefficient (Wildman–Crippen LogP) is 4.01. The van der Waals surface area contributed by atoms with Gasteiger partial charge < -0.3 is 19.6 Å². The number of benzene rings is 2. The average molecular weight is 620 g/mol. The Morgan fingerprint density at radius 3 is 2.67 bits per heavy atom. The summed E-state index contributed by atoms with van der Waals surface area (Å²) in [6, 6.07) is 12.7. The van der Waals surface area contributed by atoms with E-state index in [-0.39, 0.29) is 59.3 Å². The number of nitriles is 1. The predicted molar refractivity (Wildman–Crippen MR) is 150 cm³/mol. The molecule has 39 heavy (non-hydrogen) atoms. The molecule has 4 rings (SSSR count). The lowest BCUT2D eigenvalue weighted by Crippen LogP contribution is -2.59. The van der Waals surface area contributed by atoms with Gasteiger partial charge in [-0.1, -0.05) is 12.1 Å². The Kier molecular flexibility index (Phi) is 9.56. The highest BCUT2D eigenvalue weighted by Crippen LogP contribution is 2.34. The summed E-state index contributed by atoms with van der Waals surface area (Å²) < 4.78 is 20.5. The van der Waals surface area contributed by atoms with Crippen LogP contribution in [0, 0.1) is 17.1 Å². The van der Waals surface area contributed by atoms with Crippen LogP contribution in [0.15, 0.2) is 40.9 Å². The van der Waals surface area contributed by atoms with Gasteiger partial charge in [0.25, 0.3) is 0 Å². The van der Waals surface area contributed by atoms with Crippen molar-refractivity contribution in [2.24, 2.45) is 0 Å². The number of amides is 1. The number of rotatable bonds is 9. The fraction of sp³-hybridized carbons (Fsp3) is 0.407. The zero-order valence-electron chi connectivity index (χ0n) is 21.6. The van der Waals surface area contributed by atoms with Crippen LogP contribution in [0.25, 0.3) is 10.9 Å². The number of piperazine rings is 1. The molecule has 12 heteroatoms. The molecule has 9 nitrogen and oxygen atoms in total. The van der Waals surface area contributed by atoms with E-state index >= 15 is 4.39 Å². The van der Waals surface area contributed by atoms with Crippen molar-refractivity contribution in [1.82, 2.24) is 19.8 Å². The van der Waals surface area contributed by atoms with Gasteiger partial charge in [0.15, 0.2) is 5.82 Å². The van der Waals surface area contributed by atoms with Crippen LogP contribution in [0.3, 0.4) is 0 Å². The second-order valence-corrected chi connectivity index (χ2v) is 10.6. The first-order valence-electron chi connectivity index (χ1n) is 12.4. The molecule has 1 amide bonds. The van der Waals surface area contributed by atoms with Crippen molar-refractivity contribution in [2.75, 3.05) is 45.3 Å². The molecule has 1 aliphatic heterocycles. The Labute approximate surface area is 239 Å². The lowest BCUT2D eigenvalue weighted by Gasteiger charge is -2.47. The molecule has 1 aliphatic rings. The number of ether oxygens (including phenoxy) is 1. The van der Waals surface area contributed by atoms with Gasteiger partial charge in [0, 0.05) is 51.1 Å². The number of fused-ring (bicyclic) bond motifs is 1. The van der Waals surface area contributed by atoms with Crippen LogP contribution in [-0.4, -0.2) is 83.3 Å². The SMILES string of the molecule is COc1ccc(CN2C[C@@H](CC(=O)N(C)CCO)N(c3nc(Cl)nc4c(F)c(Br)ccc34)C[C@@H]2CC#N)cc1. The average Bonchev–Trinajstić information content (AvgIpc) is 2.92. The van der Waals surface area contributed by atoms with Gasteiger partial charge >= 0.3 is 0 Å². The minimum absolute atomic E-state index is 0.0688. The highest BCUT2D eigenvalue weighted by atomic mass is 79.9. The van der Waals surface area contributed by atoms with Crippen LogP contribution < -0.4 is 9.64 Å². The summed E-state index contributed by atoms with van der Waals surface area (Å²) in [6.45, 7) is 1.43. The Morgan fingerprint density at radius 1 is 1.26 bits per heavy atom. The Morgan fingerprint density at radius 2 is 2.00 bits per heavy atom. The van der Waals surface area contributed by atoms with E-state index in [1.54, 1.807) is 26.3 Å². The van der Waals surface area contributed by atoms with Crippen LogP contribution in [0.2, 0.25) is 5.28 Å². The molecule has 0 spiro atoms. The summed E-state index contributed by atoms with van der Waals surface area (Å²) in [5.74, 6) is 0.450. The summed E-state index contributed by atoms with van der Waals surface area (Å²) in [7, 11) is 3.25. The van der Waals surface area contributed by atoms with Gasteiger partial charge in [-0.25, -0.2) is 9.37 Å². The van der Waals surface area contributed by atoms with E-state index in [0.29, 0.717) is 30.8 Å². The second kappa shape index (κ2) is 12.9. The molecule has 2 atom stereocenters. The van der Waals surface area contributed by atoms with Gasteiger partial charge in [0.1, 0.15) is 17.1 Å². The van der Waals surface area contributed by atoms with Gasteiger partial charge in [-0.05, 0) is 57.4 Å². The smallest absolute Gasteiger partial charge is 0.225 e. The van der Waals surface area contributed by atoms with Crippen LogP contribution in [0.4, 0.5) is 10.2 Å². The first kappa shape index (κ1) is 29.0. The quantitative estimate of drug-likeness (QED) is 0.359. The largest absolute Gasteiger partial charge is 0.497 e. The topological polar surface area (TPSA) is 106 Å². The minimum Gasteiger partial charge on any atom is -0.497 e. The molecule has 1 N–H and O–H groups in total. The maximum absolute atomic E-state index is 15.0. The summed E-state index contributed by atoms with van der Waals surface area (Å²) in [4.78, 5) is 27.3. The van der Waals surface area contributed by atoms with Crippen molar-refractivity contribution in [3.8, 4) is 11.8 Å². The molecule has 1 aromatic heterocycles. The van der Waals surface area contributed by atoms with E-state index < -0.39 is 5.82 Å². The number of nitrogens with zero attached hydrogens (tertiary/aromatic N) is 6. The first-order valence-corrected chi connectivity index (χ1v) is 13.6. The van der Waals surface area contributed by atoms with Crippen LogP contribution in [-0.2, 0) is 11.3 Å². The molecular formula is C27H29BrClFN6O3. The number of aliphatic hydroxyl groups is 1. The van der Waals surface area contributed by atoms with Gasteiger partial charge in [0.2, 0.25) is 11.2 Å². The number of aliphatic hydroxyl groups excluding tert-OH is 1. The number of hydrogen-bond donors (Lipinski definition) is 1. The lowest BCUT2D eigenvalue weighted by molar-refractivity contribution is -0.131. The molecule has 0 bridgehead atoms. The zero-order valence-corrected chi connectivity index (χ0v) is 24.0. The number of likely N-dealkylation sites (N-methyl/N-ethyl adjacent to an activating group) is 1. The van der Waals surface area contributed by atoms with Crippen LogP contribution >= 0.6 is 27.5 Å². The Balaban J connectivity index is 1.74. The van der Waals surface area contributed by atoms with Crippen molar-refractivity contribution in [3.05, 3.63) is 57.5 Å². The van der Waals surface area contributed by atoms with Gasteiger partial charge in [0.05, 0.1) is 36.7 Å². The molecule has 0 aliphatic carbocycles. The standard InChI is InChI=1S/C27H29BrClFN6O3/c1-34(11-12-37)23(38)13-19-15-35(14-17-3-5-20(39-2)6-4-17)18(9-10-31)16-36(19)26-21-7-8-22(28)24(30)25(21)32-27(29)33-26/h3-8,18-19,37H,9,11-16H2,1-2H3/t18-,19+/m0/s1. The molecule has 206 valence electrons. The third-order valence-corrected chi connectivity index (χ3v) is 7.72. The summed E-state index contributed by atoms with van der Waals surface area (Å²) >= 11 is 9.47. The van der Waals surface area contributed by atoms with E-state index in [2.05, 4.69) is 36.9 Å². The zero-order chi connectivity index (χ0) is 28.1.